The summed E-state index contributed by atoms with van der Waals surface area (Å²) in [5, 5.41) is 1.60. The molecule has 1 aliphatic heterocycles. The van der Waals surface area contributed by atoms with Crippen LogP contribution in [0, 0.1) is 0 Å². The predicted molar refractivity (Wildman–Crippen MR) is 38.0 cm³/mol. The molecule has 10 heavy (non-hydrogen) atoms. The van der Waals surface area contributed by atoms with Crippen LogP contribution in [0.25, 0.3) is 0 Å². The van der Waals surface area contributed by atoms with Crippen molar-refractivity contribution < 1.29 is 4.79 Å². The summed E-state index contributed by atoms with van der Waals surface area (Å²) in [5.74, 6) is -0.0142. The summed E-state index contributed by atoms with van der Waals surface area (Å²) in [4.78, 5) is 10.9. The van der Waals surface area contributed by atoms with Crippen molar-refractivity contribution in [3.8, 4) is 0 Å². The van der Waals surface area contributed by atoms with Crippen LogP contribution in [-0.2, 0) is 4.79 Å². The van der Waals surface area contributed by atoms with Crippen LogP contribution in [0.15, 0.2) is 0 Å². The number of carbonyl (C=O) groups excluding carboxylic acids is 1. The molecule has 0 aromatic carbocycles. The van der Waals surface area contributed by atoms with Crippen molar-refractivity contribution >= 4 is 5.91 Å². The predicted octanol–water partition coefficient (Wildman–Crippen LogP) is -0.928. The quantitative estimate of drug-likeness (QED) is 0.498. The average Bonchev–Trinajstić information content (AvgIpc) is 2.05. The fourth-order valence-corrected chi connectivity index (χ4v) is 1.01. The lowest BCUT2D eigenvalue weighted by Gasteiger charge is -2.26. The van der Waals surface area contributed by atoms with Crippen molar-refractivity contribution in [2.24, 2.45) is 5.73 Å². The molecule has 0 spiro atoms. The van der Waals surface area contributed by atoms with Gasteiger partial charge in [0.15, 0.2) is 0 Å². The Hall–Kier alpha value is -0.610. The molecule has 1 fully saturated rings. The molecule has 1 rings (SSSR count). The number of hydrogen-bond donors (Lipinski definition) is 2. The zero-order valence-corrected chi connectivity index (χ0v) is 5.97. The summed E-state index contributed by atoms with van der Waals surface area (Å²) in [6, 6.07) is 0. The van der Waals surface area contributed by atoms with E-state index in [-0.39, 0.29) is 12.5 Å². The van der Waals surface area contributed by atoms with Crippen molar-refractivity contribution in [1.82, 2.24) is 10.4 Å². The maximum absolute atomic E-state index is 10.9. The molecule has 4 heteroatoms. The molecule has 0 bridgehead atoms. The number of carbonyl (C=O) groups is 1. The van der Waals surface area contributed by atoms with E-state index in [9.17, 15) is 4.79 Å². The third-order valence-electron chi connectivity index (χ3n) is 1.59. The van der Waals surface area contributed by atoms with Gasteiger partial charge >= 0.3 is 0 Å². The van der Waals surface area contributed by atoms with Gasteiger partial charge in [-0.25, -0.2) is 5.43 Å². The van der Waals surface area contributed by atoms with Crippen LogP contribution in [0.4, 0.5) is 0 Å². The average molecular weight is 143 g/mol. The molecule has 0 radical (unpaired) electrons. The smallest absolute Gasteiger partial charge is 0.250 e. The van der Waals surface area contributed by atoms with E-state index in [4.69, 9.17) is 5.73 Å². The first-order chi connectivity index (χ1) is 4.84. The number of rotatable bonds is 1. The summed E-state index contributed by atoms with van der Waals surface area (Å²) < 4.78 is 0. The van der Waals surface area contributed by atoms with Crippen LogP contribution in [-0.4, -0.2) is 30.6 Å². The minimum atomic E-state index is -0.0142. The Kier molecular flexibility index (Phi) is 2.65. The highest BCUT2D eigenvalue weighted by atomic mass is 16.2. The van der Waals surface area contributed by atoms with Gasteiger partial charge in [0.2, 0.25) is 5.91 Å². The Labute approximate surface area is 60.3 Å². The molecule has 0 aliphatic carbocycles. The molecular formula is C6H13N3O. The minimum Gasteiger partial charge on any atom is -0.322 e. The molecule has 0 aromatic rings. The summed E-state index contributed by atoms with van der Waals surface area (Å²) in [6.07, 6.45) is 2.23. The third kappa shape index (κ3) is 1.68. The minimum absolute atomic E-state index is 0.0142. The number of hydrazine groups is 1. The summed E-state index contributed by atoms with van der Waals surface area (Å²) in [6.45, 7) is 1.80. The second-order valence-electron chi connectivity index (χ2n) is 2.36. The van der Waals surface area contributed by atoms with Crippen LogP contribution < -0.4 is 11.2 Å². The highest BCUT2D eigenvalue weighted by Gasteiger charge is 2.13. The standard InChI is InChI=1S/C6H13N3O/c7-5-6(10)9-4-2-1-3-8-9/h8H,1-5,7H2. The van der Waals surface area contributed by atoms with Gasteiger partial charge in [-0.2, -0.15) is 0 Å². The molecule has 4 nitrogen and oxygen atoms in total. The van der Waals surface area contributed by atoms with Crippen LogP contribution in [0.2, 0.25) is 0 Å². The van der Waals surface area contributed by atoms with Gasteiger partial charge in [-0.3, -0.25) is 9.80 Å². The van der Waals surface area contributed by atoms with Gasteiger partial charge in [0.05, 0.1) is 6.54 Å². The monoisotopic (exact) mass is 143 g/mol. The fraction of sp³-hybridized carbons (Fsp3) is 0.833. The molecule has 0 saturated carbocycles. The normalized spacial score (nSPS) is 19.1. The van der Waals surface area contributed by atoms with Crippen LogP contribution >= 0.6 is 0 Å². The summed E-state index contributed by atoms with van der Waals surface area (Å²) in [5.41, 5.74) is 8.15. The first-order valence-corrected chi connectivity index (χ1v) is 3.58. The Morgan fingerprint density at radius 3 is 2.90 bits per heavy atom. The van der Waals surface area contributed by atoms with Crippen molar-refractivity contribution in [2.75, 3.05) is 19.6 Å². The summed E-state index contributed by atoms with van der Waals surface area (Å²) in [7, 11) is 0. The molecule has 3 N–H and O–H groups in total. The molecule has 0 atom stereocenters. The molecule has 1 saturated heterocycles. The lowest BCUT2D eigenvalue weighted by molar-refractivity contribution is -0.133. The Morgan fingerprint density at radius 2 is 2.40 bits per heavy atom. The van der Waals surface area contributed by atoms with Gasteiger partial charge in [-0.05, 0) is 12.8 Å². The van der Waals surface area contributed by atoms with E-state index in [2.05, 4.69) is 5.43 Å². The van der Waals surface area contributed by atoms with E-state index in [0.717, 1.165) is 25.9 Å². The van der Waals surface area contributed by atoms with E-state index < -0.39 is 0 Å². The second kappa shape index (κ2) is 3.53. The Bertz CT molecular complexity index is 120. The van der Waals surface area contributed by atoms with Gasteiger partial charge in [-0.1, -0.05) is 0 Å². The van der Waals surface area contributed by atoms with Gasteiger partial charge in [0.25, 0.3) is 0 Å². The molecule has 58 valence electrons. The number of hydrogen-bond acceptors (Lipinski definition) is 3. The first-order valence-electron chi connectivity index (χ1n) is 3.58. The highest BCUT2D eigenvalue weighted by Crippen LogP contribution is 1.98. The Balaban J connectivity index is 2.31. The molecule has 1 aliphatic rings. The lowest BCUT2D eigenvalue weighted by atomic mass is 10.2. The van der Waals surface area contributed by atoms with Gasteiger partial charge < -0.3 is 5.73 Å². The SMILES string of the molecule is NCC(=O)N1CCCCN1. The summed E-state index contributed by atoms with van der Waals surface area (Å²) >= 11 is 0. The van der Waals surface area contributed by atoms with Gasteiger partial charge in [0.1, 0.15) is 0 Å². The third-order valence-corrected chi connectivity index (χ3v) is 1.59. The topological polar surface area (TPSA) is 58.4 Å². The van der Waals surface area contributed by atoms with Gasteiger partial charge in [0, 0.05) is 13.1 Å². The van der Waals surface area contributed by atoms with E-state index in [1.54, 1.807) is 5.01 Å². The molecule has 1 amide bonds. The van der Waals surface area contributed by atoms with Crippen molar-refractivity contribution in [1.29, 1.82) is 0 Å². The van der Waals surface area contributed by atoms with E-state index in [1.165, 1.54) is 0 Å². The fourth-order valence-electron chi connectivity index (χ4n) is 1.01. The lowest BCUT2D eigenvalue weighted by Crippen LogP contribution is -2.49. The van der Waals surface area contributed by atoms with E-state index in [0.29, 0.717) is 0 Å². The highest BCUT2D eigenvalue weighted by molar-refractivity contribution is 5.77. The molecule has 0 unspecified atom stereocenters. The molecule has 1 heterocycles. The van der Waals surface area contributed by atoms with Crippen molar-refractivity contribution in [2.45, 2.75) is 12.8 Å². The van der Waals surface area contributed by atoms with Crippen LogP contribution in [0.1, 0.15) is 12.8 Å². The largest absolute Gasteiger partial charge is 0.322 e. The number of amides is 1. The number of nitrogens with zero attached hydrogens (tertiary/aromatic N) is 1. The van der Waals surface area contributed by atoms with Crippen LogP contribution in [0.3, 0.4) is 0 Å². The van der Waals surface area contributed by atoms with Crippen molar-refractivity contribution in [3.05, 3.63) is 0 Å². The zero-order valence-electron chi connectivity index (χ0n) is 5.97. The molecule has 0 aromatic heterocycles. The second-order valence-corrected chi connectivity index (χ2v) is 2.36. The number of nitrogens with one attached hydrogen (secondary N) is 1. The maximum atomic E-state index is 10.9. The maximum Gasteiger partial charge on any atom is 0.250 e. The van der Waals surface area contributed by atoms with Crippen LogP contribution in [0.5, 0.6) is 0 Å². The van der Waals surface area contributed by atoms with E-state index >= 15 is 0 Å². The molecular weight excluding hydrogens is 130 g/mol. The van der Waals surface area contributed by atoms with E-state index in [1.807, 2.05) is 0 Å². The van der Waals surface area contributed by atoms with Crippen molar-refractivity contribution in [3.63, 3.8) is 0 Å². The zero-order chi connectivity index (χ0) is 7.40. The number of nitrogens with two attached hydrogens (primary N) is 1. The van der Waals surface area contributed by atoms with Gasteiger partial charge in [-0.15, -0.1) is 0 Å². The Morgan fingerprint density at radius 1 is 1.60 bits per heavy atom. The first kappa shape index (κ1) is 7.50.